The number of ether oxygens (including phenoxy) is 1. The number of hydrogen-bond donors (Lipinski definition) is 4. The zero-order chi connectivity index (χ0) is 43.4. The number of benzene rings is 2. The number of fused-ring (bicyclic) bond motifs is 2. The second kappa shape index (κ2) is 18.1. The summed E-state index contributed by atoms with van der Waals surface area (Å²) in [6, 6.07) is 6.01. The second-order valence-corrected chi connectivity index (χ2v) is 15.7. The highest BCUT2D eigenvalue weighted by atomic mass is 19.3. The van der Waals surface area contributed by atoms with Crippen molar-refractivity contribution in [3.63, 3.8) is 0 Å². The maximum Gasteiger partial charge on any atom is 0.342 e. The Kier molecular flexibility index (Phi) is 12.7. The Hall–Kier alpha value is -6.27. The van der Waals surface area contributed by atoms with E-state index in [4.69, 9.17) is 4.74 Å². The summed E-state index contributed by atoms with van der Waals surface area (Å²) in [5, 5.41) is 11.1. The smallest absolute Gasteiger partial charge is 0.342 e. The molecule has 3 aliphatic heterocycles. The predicted octanol–water partition coefficient (Wildman–Crippen LogP) is 5.31. The summed E-state index contributed by atoms with van der Waals surface area (Å²) >= 11 is 0. The van der Waals surface area contributed by atoms with Crippen LogP contribution in [0.4, 0.5) is 42.0 Å². The van der Waals surface area contributed by atoms with Crippen molar-refractivity contribution in [3.05, 3.63) is 59.0 Å². The van der Waals surface area contributed by atoms with Crippen molar-refractivity contribution in [1.29, 1.82) is 0 Å². The van der Waals surface area contributed by atoms with E-state index in [0.29, 0.717) is 38.0 Å². The molecule has 0 bridgehead atoms. The Balaban J connectivity index is 0.858. The van der Waals surface area contributed by atoms with Crippen LogP contribution >= 0.6 is 0 Å². The molecule has 1 unspecified atom stereocenters. The first-order chi connectivity index (χ1) is 29.3. The summed E-state index contributed by atoms with van der Waals surface area (Å²) in [7, 11) is 2.61. The number of rotatable bonds is 16. The second-order valence-electron chi connectivity index (χ2n) is 15.7. The van der Waals surface area contributed by atoms with E-state index in [1.807, 2.05) is 0 Å². The lowest BCUT2D eigenvalue weighted by atomic mass is 10.0. The average molecular weight is 848 g/mol. The summed E-state index contributed by atoms with van der Waals surface area (Å²) in [4.78, 5) is 88.0. The van der Waals surface area contributed by atoms with E-state index < -0.39 is 59.8 Å². The van der Waals surface area contributed by atoms with E-state index in [9.17, 15) is 37.5 Å². The van der Waals surface area contributed by atoms with Crippen molar-refractivity contribution in [3.8, 4) is 5.75 Å². The van der Waals surface area contributed by atoms with Gasteiger partial charge in [0, 0.05) is 44.4 Å². The summed E-state index contributed by atoms with van der Waals surface area (Å²) < 4.78 is 50.8. The first kappa shape index (κ1) is 42.8. The fourth-order valence-electron chi connectivity index (χ4n) is 8.36. The quantitative estimate of drug-likeness (QED) is 0.107. The molecule has 6 amide bonds. The first-order valence-electron chi connectivity index (χ1n) is 20.6. The van der Waals surface area contributed by atoms with Gasteiger partial charge in [0.05, 0.1) is 42.2 Å². The van der Waals surface area contributed by atoms with E-state index in [2.05, 4.69) is 31.2 Å². The molecule has 0 radical (unpaired) electrons. The number of anilines is 5. The molecule has 61 heavy (non-hydrogen) atoms. The normalized spacial score (nSPS) is 18.8. The summed E-state index contributed by atoms with van der Waals surface area (Å²) in [6.45, 7) is 0.0473. The van der Waals surface area contributed by atoms with Crippen LogP contribution in [0.25, 0.3) is 0 Å². The van der Waals surface area contributed by atoms with Crippen molar-refractivity contribution in [1.82, 2.24) is 25.5 Å². The Morgan fingerprint density at radius 3 is 2.39 bits per heavy atom. The molecule has 1 saturated carbocycles. The van der Waals surface area contributed by atoms with Gasteiger partial charge in [0.15, 0.2) is 5.82 Å². The molecule has 1 aliphatic carbocycles. The number of piperidine rings is 1. The highest BCUT2D eigenvalue weighted by molar-refractivity contribution is 6.25. The molecular formula is C42H48F3N9O7. The van der Waals surface area contributed by atoms with Crippen LogP contribution in [0.1, 0.15) is 108 Å². The van der Waals surface area contributed by atoms with Gasteiger partial charge in [0.2, 0.25) is 17.8 Å². The number of carbonyl (C=O) groups is 6. The van der Waals surface area contributed by atoms with Crippen LogP contribution in [0.2, 0.25) is 0 Å². The monoisotopic (exact) mass is 847 g/mol. The van der Waals surface area contributed by atoms with Crippen molar-refractivity contribution >= 4 is 64.3 Å². The van der Waals surface area contributed by atoms with Crippen LogP contribution < -0.4 is 35.8 Å². The van der Waals surface area contributed by atoms with E-state index >= 15 is 4.39 Å². The van der Waals surface area contributed by atoms with Crippen molar-refractivity contribution in [2.75, 3.05) is 54.2 Å². The predicted molar refractivity (Wildman–Crippen MR) is 218 cm³/mol. The first-order valence-corrected chi connectivity index (χ1v) is 20.6. The van der Waals surface area contributed by atoms with Crippen LogP contribution in [0, 0.1) is 5.82 Å². The number of halogens is 3. The van der Waals surface area contributed by atoms with E-state index in [-0.39, 0.29) is 64.5 Å². The fourth-order valence-corrected chi connectivity index (χ4v) is 8.36. The highest BCUT2D eigenvalue weighted by Gasteiger charge is 2.49. The number of unbranched alkanes of at least 4 members (excludes halogenated alkanes) is 5. The fraction of sp³-hybridized carbons (Fsp3) is 0.476. The third-order valence-electron chi connectivity index (χ3n) is 11.6. The lowest BCUT2D eigenvalue weighted by Crippen LogP contribution is -2.54. The van der Waals surface area contributed by atoms with Gasteiger partial charge in [-0.25, -0.2) is 9.37 Å². The molecule has 1 aromatic heterocycles. The largest absolute Gasteiger partial charge is 0.495 e. The topological polar surface area (TPSA) is 195 Å². The van der Waals surface area contributed by atoms with E-state index in [0.717, 1.165) is 60.8 Å². The molecule has 3 aromatic rings. The van der Waals surface area contributed by atoms with Crippen molar-refractivity contribution in [2.24, 2.45) is 0 Å². The minimum Gasteiger partial charge on any atom is -0.495 e. The number of carbonyl (C=O) groups excluding carboxylic acids is 6. The third kappa shape index (κ3) is 8.95. The molecule has 2 fully saturated rings. The molecule has 19 heteroatoms. The maximum atomic E-state index is 15.4. The third-order valence-corrected chi connectivity index (χ3v) is 11.6. The average Bonchev–Trinajstić information content (AvgIpc) is 3.85. The summed E-state index contributed by atoms with van der Waals surface area (Å²) in [5.74, 6) is -8.40. The van der Waals surface area contributed by atoms with Gasteiger partial charge >= 0.3 is 5.92 Å². The molecular weight excluding hydrogens is 800 g/mol. The van der Waals surface area contributed by atoms with Crippen LogP contribution in [-0.2, 0) is 14.4 Å². The SMILES string of the molecule is COc1cc(C(=O)NCCCCCCCCNc2cccc3c2C(=O)N(C2CCC(=O)NC2=O)C3=O)c(F)cc1Nc1ncc2c(n1)N(C1CCCC1)CC(F)(F)C(=O)N2C. The summed E-state index contributed by atoms with van der Waals surface area (Å²) in [6.07, 6.45) is 9.47. The Morgan fingerprint density at radius 1 is 0.951 bits per heavy atom. The lowest BCUT2D eigenvalue weighted by molar-refractivity contribution is -0.140. The maximum absolute atomic E-state index is 15.4. The number of methoxy groups -OCH3 is 1. The molecule has 2 aromatic carbocycles. The van der Waals surface area contributed by atoms with Crippen LogP contribution in [0.15, 0.2) is 36.5 Å². The molecule has 7 rings (SSSR count). The van der Waals surface area contributed by atoms with E-state index in [1.54, 1.807) is 18.2 Å². The lowest BCUT2D eigenvalue weighted by Gasteiger charge is -2.31. The van der Waals surface area contributed by atoms with Gasteiger partial charge in [-0.05, 0) is 50.3 Å². The minimum absolute atomic E-state index is 0.0346. The van der Waals surface area contributed by atoms with Crippen LogP contribution in [-0.4, -0.2) is 102 Å². The molecule has 0 spiro atoms. The van der Waals surface area contributed by atoms with Gasteiger partial charge in [0.25, 0.3) is 23.6 Å². The standard InChI is InChI=1S/C42H48F3N9O7/c1-52-31-22-48-41(51-35(31)53(24-12-7-8-13-24)23-42(44,45)40(52)60)49-29-21-27(43)26(20-32(29)61-2)36(56)47-19-10-6-4-3-5-9-18-46-28-15-11-14-25-34(28)39(59)54(38(25)58)30-16-17-33(55)50-37(30)57/h11,14-15,20-22,24,30,46H,3-10,12-13,16-19,23H2,1-2H3,(H,47,56)(H,48,49,51)(H,50,55,57). The van der Waals surface area contributed by atoms with Gasteiger partial charge in [0.1, 0.15) is 23.3 Å². The molecule has 1 saturated heterocycles. The molecule has 16 nitrogen and oxygen atoms in total. The molecule has 4 aliphatic rings. The van der Waals surface area contributed by atoms with E-state index in [1.165, 1.54) is 31.3 Å². The van der Waals surface area contributed by atoms with Gasteiger partial charge in [-0.3, -0.25) is 39.0 Å². The molecule has 4 heterocycles. The molecule has 1 atom stereocenters. The van der Waals surface area contributed by atoms with Crippen molar-refractivity contribution < 1.29 is 46.7 Å². The number of amides is 6. The van der Waals surface area contributed by atoms with Gasteiger partial charge in [-0.1, -0.05) is 44.6 Å². The van der Waals surface area contributed by atoms with Crippen LogP contribution in [0.3, 0.4) is 0 Å². The Bertz CT molecular complexity index is 2240. The number of imide groups is 2. The molecule has 324 valence electrons. The van der Waals surface area contributed by atoms with Crippen LogP contribution in [0.5, 0.6) is 5.75 Å². The zero-order valence-electron chi connectivity index (χ0n) is 34.0. The number of nitrogens with zero attached hydrogens (tertiary/aromatic N) is 5. The Labute approximate surface area is 350 Å². The van der Waals surface area contributed by atoms with Crippen molar-refractivity contribution in [2.45, 2.75) is 95.1 Å². The minimum atomic E-state index is -3.64. The summed E-state index contributed by atoms with van der Waals surface area (Å²) in [5.41, 5.74) is 0.956. The van der Waals surface area contributed by atoms with Gasteiger partial charge in [-0.15, -0.1) is 0 Å². The Morgan fingerprint density at radius 2 is 1.67 bits per heavy atom. The zero-order valence-corrected chi connectivity index (χ0v) is 34.0. The number of hydrogen-bond acceptors (Lipinski definition) is 12. The number of nitrogens with one attached hydrogen (secondary N) is 4. The van der Waals surface area contributed by atoms with Gasteiger partial charge in [-0.2, -0.15) is 13.8 Å². The number of aromatic nitrogens is 2. The number of alkyl halides is 2. The van der Waals surface area contributed by atoms with Gasteiger partial charge < -0.3 is 30.5 Å². The molecule has 4 N–H and O–H groups in total. The highest BCUT2D eigenvalue weighted by Crippen LogP contribution is 2.40.